The normalized spacial score (nSPS) is 14.8. The number of aliphatic hydroxyl groups is 1. The molecule has 3 atom stereocenters. The van der Waals surface area contributed by atoms with Crippen LogP contribution in [-0.2, 0) is 18.4 Å². The predicted molar refractivity (Wildman–Crippen MR) is 226 cm³/mol. The number of aliphatic hydroxyl groups excluding tert-OH is 1. The summed E-state index contributed by atoms with van der Waals surface area (Å²) in [7, 11) is 1.55. The molecule has 0 aromatic carbocycles. The number of allylic oxidation sites excluding steroid dienone is 5. The van der Waals surface area contributed by atoms with Crippen molar-refractivity contribution in [2.24, 2.45) is 0 Å². The van der Waals surface area contributed by atoms with E-state index in [0.717, 1.165) is 38.5 Å². The van der Waals surface area contributed by atoms with E-state index in [9.17, 15) is 19.4 Å². The van der Waals surface area contributed by atoms with E-state index in [1.54, 1.807) is 6.08 Å². The van der Waals surface area contributed by atoms with Crippen molar-refractivity contribution >= 4 is 13.7 Å². The molecule has 0 bridgehead atoms. The van der Waals surface area contributed by atoms with Gasteiger partial charge in [-0.2, -0.15) is 0 Å². The fourth-order valence-electron chi connectivity index (χ4n) is 6.05. The lowest BCUT2D eigenvalue weighted by Crippen LogP contribution is -2.45. The quantitative estimate of drug-likeness (QED) is 0.0249. The molecule has 0 fully saturated rings. The van der Waals surface area contributed by atoms with Crippen LogP contribution in [0, 0.1) is 0 Å². The van der Waals surface area contributed by atoms with Gasteiger partial charge in [-0.15, -0.1) is 0 Å². The molecule has 0 rings (SSSR count). The summed E-state index contributed by atoms with van der Waals surface area (Å²) in [5, 5.41) is 13.8. The van der Waals surface area contributed by atoms with E-state index in [4.69, 9.17) is 9.05 Å². The number of hydrogen-bond acceptors (Lipinski definition) is 5. The Morgan fingerprint density at radius 3 is 1.51 bits per heavy atom. The topological polar surface area (TPSA) is 105 Å². The van der Waals surface area contributed by atoms with Gasteiger partial charge in [0.1, 0.15) is 13.2 Å². The highest BCUT2D eigenvalue weighted by atomic mass is 31.2. The number of nitrogens with one attached hydrogen (secondary N) is 1. The number of likely N-dealkylation sites (N-methyl/N-ethyl adjacent to an activating group) is 1. The fourth-order valence-corrected chi connectivity index (χ4v) is 6.79. The smallest absolute Gasteiger partial charge is 0.387 e. The van der Waals surface area contributed by atoms with Crippen molar-refractivity contribution < 1.29 is 32.9 Å². The third kappa shape index (κ3) is 38.8. The fraction of sp³-hybridized carbons (Fsp3) is 0.841. The van der Waals surface area contributed by atoms with E-state index < -0.39 is 20.0 Å². The highest BCUT2D eigenvalue weighted by molar-refractivity contribution is 7.47. The highest BCUT2D eigenvalue weighted by Gasteiger charge is 2.27. The zero-order valence-electron chi connectivity index (χ0n) is 35.3. The minimum Gasteiger partial charge on any atom is -0.387 e. The predicted octanol–water partition coefficient (Wildman–Crippen LogP) is 11.9. The van der Waals surface area contributed by atoms with Crippen molar-refractivity contribution in [3.63, 3.8) is 0 Å². The Morgan fingerprint density at radius 1 is 0.623 bits per heavy atom. The molecule has 0 heterocycles. The minimum atomic E-state index is -4.34. The first-order chi connectivity index (χ1) is 25.5. The zero-order valence-corrected chi connectivity index (χ0v) is 36.1. The maximum absolute atomic E-state index is 12.8. The van der Waals surface area contributed by atoms with Crippen molar-refractivity contribution in [1.29, 1.82) is 0 Å². The van der Waals surface area contributed by atoms with Crippen molar-refractivity contribution in [2.75, 3.05) is 40.9 Å². The van der Waals surface area contributed by atoms with Crippen molar-refractivity contribution in [1.82, 2.24) is 5.32 Å². The molecule has 0 aromatic rings. The second kappa shape index (κ2) is 36.4. The van der Waals surface area contributed by atoms with E-state index >= 15 is 0 Å². The summed E-state index contributed by atoms with van der Waals surface area (Å²) in [6.07, 6.45) is 43.6. The maximum atomic E-state index is 12.8. The number of rotatable bonds is 39. The molecule has 1 unspecified atom stereocenters. The first-order valence-corrected chi connectivity index (χ1v) is 23.4. The Morgan fingerprint density at radius 2 is 1.04 bits per heavy atom. The van der Waals surface area contributed by atoms with Gasteiger partial charge in [0, 0.05) is 6.42 Å². The lowest BCUT2D eigenvalue weighted by Gasteiger charge is -2.25. The van der Waals surface area contributed by atoms with Crippen LogP contribution in [0.2, 0.25) is 0 Å². The van der Waals surface area contributed by atoms with Gasteiger partial charge < -0.3 is 19.8 Å². The number of amides is 1. The second-order valence-electron chi connectivity index (χ2n) is 16.1. The molecule has 53 heavy (non-hydrogen) atoms. The van der Waals surface area contributed by atoms with Crippen LogP contribution in [0.25, 0.3) is 0 Å². The number of unbranched alkanes of at least 4 members (excludes halogenated alkanes) is 22. The average molecular weight is 770 g/mol. The summed E-state index contributed by atoms with van der Waals surface area (Å²) in [5.41, 5.74) is 0. The molecule has 0 radical (unpaired) electrons. The molecule has 0 aliphatic rings. The summed E-state index contributed by atoms with van der Waals surface area (Å²) in [6.45, 7) is 4.76. The SMILES string of the molecule is CCCCCCCC/C=C/CC/C=C/[C@@H](O)[C@H](COP(=O)(O)OCC[N+](C)(C)C)NC(=O)CCCCCCCCCCC/C=C/CCCCCCCC. The number of carbonyl (C=O) groups excluding carboxylic acids is 1. The summed E-state index contributed by atoms with van der Waals surface area (Å²) < 4.78 is 23.5. The molecular weight excluding hydrogens is 683 g/mol. The highest BCUT2D eigenvalue weighted by Crippen LogP contribution is 2.43. The Hall–Kier alpha value is -1.28. The van der Waals surface area contributed by atoms with E-state index in [1.165, 1.54) is 128 Å². The van der Waals surface area contributed by atoms with E-state index in [-0.39, 0.29) is 19.1 Å². The molecular formula is C44H86N2O6P+. The van der Waals surface area contributed by atoms with Gasteiger partial charge in [0.2, 0.25) is 5.91 Å². The van der Waals surface area contributed by atoms with Crippen LogP contribution in [0.5, 0.6) is 0 Å². The van der Waals surface area contributed by atoms with Crippen LogP contribution in [0.15, 0.2) is 36.5 Å². The van der Waals surface area contributed by atoms with Crippen LogP contribution >= 0.6 is 7.82 Å². The number of nitrogens with zero attached hydrogens (tertiary/aromatic N) is 1. The molecule has 8 nitrogen and oxygen atoms in total. The van der Waals surface area contributed by atoms with Crippen LogP contribution in [-0.4, -0.2) is 73.4 Å². The first-order valence-electron chi connectivity index (χ1n) is 21.9. The first kappa shape index (κ1) is 51.7. The van der Waals surface area contributed by atoms with Crippen molar-refractivity contribution in [3.05, 3.63) is 36.5 Å². The summed E-state index contributed by atoms with van der Waals surface area (Å²) in [6, 6.07) is -0.861. The van der Waals surface area contributed by atoms with Crippen molar-refractivity contribution in [2.45, 2.75) is 199 Å². The van der Waals surface area contributed by atoms with Gasteiger partial charge >= 0.3 is 7.82 Å². The van der Waals surface area contributed by atoms with Gasteiger partial charge in [-0.25, -0.2) is 4.57 Å². The van der Waals surface area contributed by atoms with Crippen LogP contribution in [0.4, 0.5) is 0 Å². The molecule has 1 amide bonds. The standard InChI is InChI=1S/C44H85N2O6P/c1-6-8-10-12-14-16-18-20-21-22-23-24-25-26-28-30-32-34-36-38-44(48)45-42(41-52-53(49,50)51-40-39-46(3,4)5)43(47)37-35-33-31-29-27-19-17-15-13-11-9-7-2/h20-21,27,29,35,37,42-43,47H,6-19,22-26,28,30-34,36,38-41H2,1-5H3,(H-,45,48,49,50)/p+1/b21-20+,29-27+,37-35+/t42-,43+/m0/s1. The summed E-state index contributed by atoms with van der Waals surface area (Å²) in [4.78, 5) is 23.1. The van der Waals surface area contributed by atoms with Crippen LogP contribution < -0.4 is 5.32 Å². The molecule has 0 saturated carbocycles. The molecule has 0 aliphatic carbocycles. The molecule has 9 heteroatoms. The number of carbonyl (C=O) groups is 1. The zero-order chi connectivity index (χ0) is 39.3. The lowest BCUT2D eigenvalue weighted by molar-refractivity contribution is -0.870. The van der Waals surface area contributed by atoms with Crippen LogP contribution in [0.3, 0.4) is 0 Å². The van der Waals surface area contributed by atoms with Gasteiger partial charge in [-0.3, -0.25) is 13.8 Å². The largest absolute Gasteiger partial charge is 0.472 e. The number of phosphoric ester groups is 1. The van der Waals surface area contributed by atoms with E-state index in [1.807, 2.05) is 27.2 Å². The maximum Gasteiger partial charge on any atom is 0.472 e. The summed E-state index contributed by atoms with van der Waals surface area (Å²) >= 11 is 0. The molecule has 0 spiro atoms. The van der Waals surface area contributed by atoms with Gasteiger partial charge in [-0.05, 0) is 57.8 Å². The Labute approximate surface area is 327 Å². The molecule has 3 N–H and O–H groups in total. The third-order valence-electron chi connectivity index (χ3n) is 9.58. The van der Waals surface area contributed by atoms with Gasteiger partial charge in [0.25, 0.3) is 0 Å². The van der Waals surface area contributed by atoms with Crippen LogP contribution in [0.1, 0.15) is 187 Å². The monoisotopic (exact) mass is 770 g/mol. The van der Waals surface area contributed by atoms with E-state index in [2.05, 4.69) is 43.5 Å². The average Bonchev–Trinajstić information content (AvgIpc) is 3.10. The van der Waals surface area contributed by atoms with Gasteiger partial charge in [0.05, 0.1) is 39.9 Å². The molecule has 312 valence electrons. The Balaban J connectivity index is 4.41. The van der Waals surface area contributed by atoms with Crippen molar-refractivity contribution in [3.8, 4) is 0 Å². The minimum absolute atomic E-state index is 0.0557. The number of hydrogen-bond donors (Lipinski definition) is 3. The molecule has 0 saturated heterocycles. The molecule has 0 aliphatic heterocycles. The lowest BCUT2D eigenvalue weighted by atomic mass is 10.0. The van der Waals surface area contributed by atoms with Gasteiger partial charge in [-0.1, -0.05) is 159 Å². The Bertz CT molecular complexity index is 964. The third-order valence-corrected chi connectivity index (χ3v) is 10.6. The summed E-state index contributed by atoms with van der Waals surface area (Å²) in [5.74, 6) is -0.191. The molecule has 0 aromatic heterocycles. The number of phosphoric acid groups is 1. The Kier molecular flexibility index (Phi) is 35.5. The van der Waals surface area contributed by atoms with Gasteiger partial charge in [0.15, 0.2) is 0 Å². The number of quaternary nitrogens is 1. The second-order valence-corrected chi connectivity index (χ2v) is 17.5. The van der Waals surface area contributed by atoms with E-state index in [0.29, 0.717) is 17.4 Å².